The summed E-state index contributed by atoms with van der Waals surface area (Å²) in [6.07, 6.45) is 25.8. The number of nitrogens with one attached hydrogen (secondary N) is 4. The van der Waals surface area contributed by atoms with Gasteiger partial charge in [-0.05, 0) is 293 Å². The normalized spacial score (nSPS) is 20.2. The summed E-state index contributed by atoms with van der Waals surface area (Å²) in [4.78, 5) is 61.8. The van der Waals surface area contributed by atoms with E-state index in [1.807, 2.05) is 54.8 Å². The predicted molar refractivity (Wildman–Crippen MR) is 574 cm³/mol. The van der Waals surface area contributed by atoms with Crippen molar-refractivity contribution in [1.82, 2.24) is 98.3 Å². The monoisotopic (exact) mass is 1920 g/mol. The van der Waals surface area contributed by atoms with Crippen LogP contribution in [-0.2, 0) is 20.3 Å². The van der Waals surface area contributed by atoms with Gasteiger partial charge in [0.2, 0.25) is 5.71 Å². The molecule has 25 heteroatoms. The van der Waals surface area contributed by atoms with Gasteiger partial charge in [-0.15, -0.1) is 0 Å². The van der Waals surface area contributed by atoms with Crippen LogP contribution in [-0.4, -0.2) is 193 Å². The smallest absolute Gasteiger partial charge is 0.417 e. The minimum absolute atomic E-state index is 0.186. The molecule has 21 aromatic rings. The van der Waals surface area contributed by atoms with Gasteiger partial charge in [0.25, 0.3) is 0 Å². The molecule has 4 N–H and O–H groups in total. The van der Waals surface area contributed by atoms with Crippen molar-refractivity contribution >= 4 is 165 Å². The number of para-hydroxylation sites is 7. The molecule has 0 radical (unpaired) electrons. The Hall–Kier alpha value is -13.0. The molecule has 7 aromatic carbocycles. The number of aromatic nitrogens is 13. The van der Waals surface area contributed by atoms with Crippen LogP contribution in [0.2, 0.25) is 5.15 Å². The first-order valence-electron chi connectivity index (χ1n) is 50.6. The zero-order valence-corrected chi connectivity index (χ0v) is 83.7. The van der Waals surface area contributed by atoms with E-state index in [2.05, 4.69) is 312 Å². The van der Waals surface area contributed by atoms with Crippen LogP contribution in [0, 0.1) is 13.8 Å². The third-order valence-corrected chi connectivity index (χ3v) is 32.2. The van der Waals surface area contributed by atoms with Gasteiger partial charge in [-0.25, -0.2) is 24.9 Å². The largest absolute Gasteiger partial charge is 0.438 e. The Morgan fingerprint density at radius 2 is 0.690 bits per heavy atom. The van der Waals surface area contributed by atoms with Crippen molar-refractivity contribution in [3.8, 4) is 0 Å². The molecule has 28 rings (SSSR count). The molecule has 7 aliphatic heterocycles. The molecule has 21 nitrogen and oxygen atoms in total. The lowest BCUT2D eigenvalue weighted by molar-refractivity contribution is -0.137. The first-order valence-corrected chi connectivity index (χ1v) is 51.0. The Morgan fingerprint density at radius 1 is 0.317 bits per heavy atom. The average molecular weight is 1920 g/mol. The zero-order valence-electron chi connectivity index (χ0n) is 82.9. The van der Waals surface area contributed by atoms with E-state index in [1.54, 1.807) is 24.3 Å². The first kappa shape index (κ1) is 93.9. The number of likely N-dealkylation sites (tertiary alicyclic amines) is 7. The fraction of sp³-hybridized carbons (Fsp3) is 0.342. The highest BCUT2D eigenvalue weighted by Crippen LogP contribution is 2.49. The van der Waals surface area contributed by atoms with Crippen molar-refractivity contribution in [2.24, 2.45) is 14.1 Å². The highest BCUT2D eigenvalue weighted by atomic mass is 35.5. The molecule has 0 aliphatic carbocycles. The molecule has 21 heterocycles. The number of alkyl halides is 3. The Bertz CT molecular complexity index is 8000. The Balaban J connectivity index is 0.0000000950. The van der Waals surface area contributed by atoms with Crippen molar-refractivity contribution in [2.45, 2.75) is 152 Å². The number of nitrogens with zero attached hydrogens (tertiary/aromatic N) is 16. The number of pyridine rings is 7. The number of fused-ring (bicyclic) bond motifs is 21. The first-order chi connectivity index (χ1) is 69.1. The Morgan fingerprint density at radius 3 is 1.22 bits per heavy atom. The Kier molecular flexibility index (Phi) is 26.0. The summed E-state index contributed by atoms with van der Waals surface area (Å²) in [5, 5.41) is 16.6. The van der Waals surface area contributed by atoms with Gasteiger partial charge in [-0.2, -0.15) is 13.2 Å². The Labute approximate surface area is 829 Å². The lowest BCUT2D eigenvalue weighted by Crippen LogP contribution is -2.21. The molecule has 0 saturated carbocycles. The molecular formula is C117H124ClF3N20O. The summed E-state index contributed by atoms with van der Waals surface area (Å²) >= 11 is 6.29. The number of hydrogen-bond donors (Lipinski definition) is 4. The number of furan rings is 1. The van der Waals surface area contributed by atoms with E-state index < -0.39 is 11.7 Å². The molecule has 7 atom stereocenters. The lowest BCUT2D eigenvalue weighted by Gasteiger charge is -2.23. The summed E-state index contributed by atoms with van der Waals surface area (Å²) < 4.78 is 52.0. The summed E-state index contributed by atoms with van der Waals surface area (Å²) in [6, 6.07) is 67.5. The highest BCUT2D eigenvalue weighted by Gasteiger charge is 2.41. The van der Waals surface area contributed by atoms with Crippen molar-refractivity contribution in [3.05, 3.63) is 292 Å². The van der Waals surface area contributed by atoms with Crippen LogP contribution in [0.1, 0.15) is 188 Å². The summed E-state index contributed by atoms with van der Waals surface area (Å²) in [6.45, 7) is 12.1. The van der Waals surface area contributed by atoms with Crippen LogP contribution < -0.4 is 0 Å². The van der Waals surface area contributed by atoms with E-state index in [1.165, 1.54) is 236 Å². The predicted octanol–water partition coefficient (Wildman–Crippen LogP) is 27.0. The molecule has 0 bridgehead atoms. The van der Waals surface area contributed by atoms with Gasteiger partial charge in [0.15, 0.2) is 5.15 Å². The fourth-order valence-corrected chi connectivity index (χ4v) is 24.8. The molecule has 0 amide bonds. The number of benzene rings is 7. The van der Waals surface area contributed by atoms with Gasteiger partial charge in [-0.1, -0.05) is 139 Å². The van der Waals surface area contributed by atoms with Crippen molar-refractivity contribution < 1.29 is 17.6 Å². The molecule has 14 aromatic heterocycles. The summed E-state index contributed by atoms with van der Waals surface area (Å²) in [5.41, 5.74) is 24.2. The van der Waals surface area contributed by atoms with Gasteiger partial charge in [0.1, 0.15) is 22.5 Å². The zero-order chi connectivity index (χ0) is 97.5. The maximum atomic E-state index is 13.9. The standard InChI is InChI=1S/C18H21N3.C17H16F3N3.2C17H19N3.C16H16ClN3.C16H17N3.C16H16N2O/c1-12-18-17(13-7-4-5-8-16(13)21(18)3)14(11-19-12)15-9-6-10-20(15)2;1-23-8-4-7-13(23)11-9-21-16-14(15(11)17(18,19)20)10-5-2-3-6-12(10)22-16;1-19-9-5-8-15(19)12-10-14-13-6-3-4-7-16(13)20(2)17(14)18-11-12;1-11-17-16(12-6-3-4-7-14(12)19-17)13(10-18-11)15-8-5-9-20(15)2;1-20-8-4-7-13(20)11-9-18-16(17)15-14(11)10-5-2-3-6-12(10)19-15;1-19-8-4-7-15(19)11-9-13-12-5-2-3-6-14(12)18-16(13)17-10-11;1-18-8-4-6-14(18)11-9-13-12-5-2-3-7-15(12)19-16(13)17-10-11/h4-5,7-8,11,15H,6,9-10H2,1-3H3;2-3,5-6,9,13H,4,7-8H2,1H3,(H,21,22);3-4,6-7,10-11,15H,5,8-9H2,1-2H3;3-4,6-7,10,15,19H,5,8-9H2,1-2H3;2-3,5-6,9,13,19H,4,7-8H2,1H3;2-3,5-6,9-10,15H,4,7-8H2,1H3,(H,17,18);2-3,5,7,9-10,14H,4,6,8H2,1H3/t15-;13-;2*15-;13-;15-;14-/m0000000/s1. The minimum Gasteiger partial charge on any atom is -0.438 e. The minimum atomic E-state index is -4.41. The molecular weight excluding hydrogens is 1790 g/mol. The number of aromatic amines is 4. The third-order valence-electron chi connectivity index (χ3n) is 31.9. The number of rotatable bonds is 7. The lowest BCUT2D eigenvalue weighted by atomic mass is 9.96. The molecule has 7 saturated heterocycles. The number of H-pyrrole nitrogens is 4. The topological polar surface area (TPSA) is 199 Å². The van der Waals surface area contributed by atoms with E-state index >= 15 is 0 Å². The summed E-state index contributed by atoms with van der Waals surface area (Å²) in [7, 11) is 19.4. The van der Waals surface area contributed by atoms with Crippen LogP contribution in [0.5, 0.6) is 0 Å². The van der Waals surface area contributed by atoms with Crippen LogP contribution in [0.4, 0.5) is 13.2 Å². The van der Waals surface area contributed by atoms with E-state index in [0.717, 1.165) is 81.7 Å². The average Bonchev–Trinajstić information content (AvgIpc) is 1.58. The van der Waals surface area contributed by atoms with Gasteiger partial charge in [0.05, 0.1) is 39.0 Å². The second kappa shape index (κ2) is 39.4. The molecule has 726 valence electrons. The second-order valence-corrected chi connectivity index (χ2v) is 40.8. The quantitative estimate of drug-likeness (QED) is 0.110. The summed E-state index contributed by atoms with van der Waals surface area (Å²) in [5.74, 6) is 0. The fourth-order valence-electron chi connectivity index (χ4n) is 24.6. The van der Waals surface area contributed by atoms with Crippen LogP contribution >= 0.6 is 11.6 Å². The number of aryl methyl sites for hydroxylation is 4. The molecule has 0 spiro atoms. The van der Waals surface area contributed by atoms with Crippen molar-refractivity contribution in [1.29, 1.82) is 0 Å². The third kappa shape index (κ3) is 17.5. The maximum absolute atomic E-state index is 13.9. The maximum Gasteiger partial charge on any atom is 0.417 e. The number of halogens is 4. The molecule has 7 aliphatic rings. The molecule has 7 fully saturated rings. The van der Waals surface area contributed by atoms with Crippen LogP contribution in [0.3, 0.4) is 0 Å². The van der Waals surface area contributed by atoms with E-state index in [-0.39, 0.29) is 17.0 Å². The molecule has 0 unspecified atom stereocenters. The van der Waals surface area contributed by atoms with Gasteiger partial charge < -0.3 is 33.5 Å². The molecule has 142 heavy (non-hydrogen) atoms. The van der Waals surface area contributed by atoms with E-state index in [9.17, 15) is 13.2 Å². The van der Waals surface area contributed by atoms with E-state index in [4.69, 9.17) is 26.0 Å². The van der Waals surface area contributed by atoms with Crippen molar-refractivity contribution in [2.75, 3.05) is 95.1 Å². The van der Waals surface area contributed by atoms with Gasteiger partial charge >= 0.3 is 6.18 Å². The second-order valence-electron chi connectivity index (χ2n) is 40.5. The number of hydrogen-bond acceptors (Lipinski definition) is 15. The van der Waals surface area contributed by atoms with Crippen LogP contribution in [0.25, 0.3) is 153 Å². The SMILES string of the molecule is CN1CCC[C@H]1c1cnc(Cl)c2[nH]c3ccccc3c12.CN1CCC[C@H]1c1cnc2[nH]c3ccccc3c2c1.CN1CCC[C@H]1c1cnc2[nH]c3ccccc3c2c1C(F)(F)F.CN1CCC[C@H]1c1cnc2c(c1)c1ccccc1n2C.CN1CCC[C@H]1c1cnc2oc3ccccc3c2c1.Cc1ncc([C@@H]2CCCN2C)c2c1[nH]c1ccccc12.Cc1ncc([C@@H]2CCCN2C)c2c3ccccc3n(C)c12. The highest BCUT2D eigenvalue weighted by molar-refractivity contribution is 6.35. The van der Waals surface area contributed by atoms with Crippen LogP contribution in [0.15, 0.2) is 236 Å². The van der Waals surface area contributed by atoms with Gasteiger partial charge in [-0.3, -0.25) is 44.3 Å². The van der Waals surface area contributed by atoms with Crippen molar-refractivity contribution in [3.63, 3.8) is 0 Å². The van der Waals surface area contributed by atoms with E-state index in [0.29, 0.717) is 58.0 Å². The van der Waals surface area contributed by atoms with Gasteiger partial charge in [0, 0.05) is 208 Å².